The zero-order valence-corrected chi connectivity index (χ0v) is 18.0. The fourth-order valence-electron chi connectivity index (χ4n) is 3.69. The van der Waals surface area contributed by atoms with Crippen molar-refractivity contribution in [2.24, 2.45) is 11.7 Å². The van der Waals surface area contributed by atoms with Gasteiger partial charge < -0.3 is 35.5 Å². The second-order valence-corrected chi connectivity index (χ2v) is 7.71. The van der Waals surface area contributed by atoms with Crippen LogP contribution in [-0.2, 0) is 14.2 Å². The van der Waals surface area contributed by atoms with Crippen molar-refractivity contribution >= 4 is 17.8 Å². The van der Waals surface area contributed by atoms with Gasteiger partial charge in [-0.15, -0.1) is 0 Å². The molecule has 3 rings (SSSR count). The molecule has 1 aliphatic carbocycles. The standard InChI is InChI=1S/C20H37N7O3/c21-6-10-28-14-15-29-11-7-22-18-24-19(23-16-17-4-2-1-3-5-17)26-20(25-18)27-8-12-30-13-9-27/h17H,1-16,21H2,(H2,22,23,24,25,26). The van der Waals surface area contributed by atoms with Crippen molar-refractivity contribution in [1.29, 1.82) is 0 Å². The summed E-state index contributed by atoms with van der Waals surface area (Å²) in [5, 5.41) is 6.71. The third-order valence-corrected chi connectivity index (χ3v) is 5.35. The number of nitrogens with one attached hydrogen (secondary N) is 2. The van der Waals surface area contributed by atoms with E-state index in [1.807, 2.05) is 0 Å². The predicted octanol–water partition coefficient (Wildman–Crippen LogP) is 1.10. The van der Waals surface area contributed by atoms with E-state index in [2.05, 4.69) is 30.5 Å². The fourth-order valence-corrected chi connectivity index (χ4v) is 3.69. The summed E-state index contributed by atoms with van der Waals surface area (Å²) >= 11 is 0. The summed E-state index contributed by atoms with van der Waals surface area (Å²) in [6.07, 6.45) is 6.58. The van der Waals surface area contributed by atoms with Gasteiger partial charge >= 0.3 is 0 Å². The van der Waals surface area contributed by atoms with E-state index in [9.17, 15) is 0 Å². The zero-order valence-electron chi connectivity index (χ0n) is 18.0. The zero-order chi connectivity index (χ0) is 20.9. The highest BCUT2D eigenvalue weighted by atomic mass is 16.5. The molecule has 30 heavy (non-hydrogen) atoms. The van der Waals surface area contributed by atoms with Gasteiger partial charge in [0.1, 0.15) is 0 Å². The van der Waals surface area contributed by atoms with Crippen molar-refractivity contribution in [3.05, 3.63) is 0 Å². The summed E-state index contributed by atoms with van der Waals surface area (Å²) in [4.78, 5) is 16.0. The van der Waals surface area contributed by atoms with Gasteiger partial charge in [0.15, 0.2) is 0 Å². The maximum absolute atomic E-state index is 5.56. The first-order valence-corrected chi connectivity index (χ1v) is 11.3. The number of rotatable bonds is 13. The van der Waals surface area contributed by atoms with Crippen LogP contribution in [0.25, 0.3) is 0 Å². The highest BCUT2D eigenvalue weighted by molar-refractivity contribution is 5.44. The fraction of sp³-hybridized carbons (Fsp3) is 0.850. The van der Waals surface area contributed by atoms with E-state index in [1.54, 1.807) is 0 Å². The van der Waals surface area contributed by atoms with E-state index in [0.717, 1.165) is 19.6 Å². The number of morpholine rings is 1. The van der Waals surface area contributed by atoms with Gasteiger partial charge in [-0.25, -0.2) is 0 Å². The second kappa shape index (κ2) is 13.5. The third kappa shape index (κ3) is 8.17. The Morgan fingerprint density at radius 2 is 1.60 bits per heavy atom. The highest BCUT2D eigenvalue weighted by Crippen LogP contribution is 2.24. The van der Waals surface area contributed by atoms with Gasteiger partial charge in [0, 0.05) is 32.7 Å². The first-order chi connectivity index (χ1) is 14.8. The average molecular weight is 424 g/mol. The molecule has 1 saturated heterocycles. The Kier molecular flexibility index (Phi) is 10.3. The normalized spacial score (nSPS) is 17.8. The molecule has 0 bridgehead atoms. The van der Waals surface area contributed by atoms with Crippen molar-refractivity contribution < 1.29 is 14.2 Å². The van der Waals surface area contributed by atoms with Gasteiger partial charge in [-0.2, -0.15) is 15.0 Å². The molecule has 1 aliphatic heterocycles. The molecule has 2 heterocycles. The lowest BCUT2D eigenvalue weighted by molar-refractivity contribution is 0.0547. The average Bonchev–Trinajstić information content (AvgIpc) is 2.80. The van der Waals surface area contributed by atoms with Crippen molar-refractivity contribution in [2.45, 2.75) is 32.1 Å². The molecule has 0 radical (unpaired) electrons. The number of nitrogens with zero attached hydrogens (tertiary/aromatic N) is 4. The van der Waals surface area contributed by atoms with Gasteiger partial charge in [-0.05, 0) is 18.8 Å². The van der Waals surface area contributed by atoms with Gasteiger partial charge in [-0.1, -0.05) is 19.3 Å². The molecular weight excluding hydrogens is 386 g/mol. The smallest absolute Gasteiger partial charge is 0.232 e. The van der Waals surface area contributed by atoms with E-state index in [-0.39, 0.29) is 0 Å². The molecule has 0 spiro atoms. The highest BCUT2D eigenvalue weighted by Gasteiger charge is 2.18. The lowest BCUT2D eigenvalue weighted by atomic mass is 9.89. The molecule has 1 aromatic heterocycles. The third-order valence-electron chi connectivity index (χ3n) is 5.35. The Morgan fingerprint density at radius 3 is 2.33 bits per heavy atom. The molecule has 0 aromatic carbocycles. The van der Waals surface area contributed by atoms with Crippen LogP contribution in [0.1, 0.15) is 32.1 Å². The van der Waals surface area contributed by atoms with Crippen molar-refractivity contribution in [3.8, 4) is 0 Å². The number of hydrogen-bond acceptors (Lipinski definition) is 10. The molecule has 2 aliphatic rings. The molecule has 0 unspecified atom stereocenters. The van der Waals surface area contributed by atoms with E-state index < -0.39 is 0 Å². The van der Waals surface area contributed by atoms with Crippen LogP contribution in [0.15, 0.2) is 0 Å². The van der Waals surface area contributed by atoms with Crippen LogP contribution < -0.4 is 21.3 Å². The first-order valence-electron chi connectivity index (χ1n) is 11.3. The Bertz CT molecular complexity index is 596. The maximum atomic E-state index is 5.56. The SMILES string of the molecule is NCCOCCOCCNc1nc(NCC2CCCCC2)nc(N2CCOCC2)n1. The van der Waals surface area contributed by atoms with Gasteiger partial charge in [0.2, 0.25) is 17.8 Å². The Balaban J connectivity index is 1.51. The van der Waals surface area contributed by atoms with Gasteiger partial charge in [0.25, 0.3) is 0 Å². The molecule has 10 nitrogen and oxygen atoms in total. The maximum Gasteiger partial charge on any atom is 0.232 e. The van der Waals surface area contributed by atoms with Crippen LogP contribution in [0.2, 0.25) is 0 Å². The Morgan fingerprint density at radius 1 is 0.900 bits per heavy atom. The van der Waals surface area contributed by atoms with Crippen molar-refractivity contribution in [2.75, 3.05) is 87.9 Å². The minimum atomic E-state index is 0.531. The minimum absolute atomic E-state index is 0.531. The molecule has 4 N–H and O–H groups in total. The molecular formula is C20H37N7O3. The summed E-state index contributed by atoms with van der Waals surface area (Å²) in [5.41, 5.74) is 5.39. The van der Waals surface area contributed by atoms with E-state index >= 15 is 0 Å². The molecule has 1 saturated carbocycles. The van der Waals surface area contributed by atoms with Gasteiger partial charge in [0.05, 0.1) is 39.6 Å². The van der Waals surface area contributed by atoms with E-state index in [0.29, 0.717) is 76.5 Å². The molecule has 0 atom stereocenters. The number of anilines is 3. The molecule has 2 fully saturated rings. The number of nitrogens with two attached hydrogens (primary N) is 1. The minimum Gasteiger partial charge on any atom is -0.378 e. The van der Waals surface area contributed by atoms with E-state index in [4.69, 9.17) is 19.9 Å². The molecule has 10 heteroatoms. The van der Waals surface area contributed by atoms with Crippen LogP contribution >= 0.6 is 0 Å². The summed E-state index contributed by atoms with van der Waals surface area (Å²) in [7, 11) is 0. The van der Waals surface area contributed by atoms with Crippen molar-refractivity contribution in [1.82, 2.24) is 15.0 Å². The summed E-state index contributed by atoms with van der Waals surface area (Å²) in [5.74, 6) is 2.60. The van der Waals surface area contributed by atoms with Gasteiger partial charge in [-0.3, -0.25) is 0 Å². The van der Waals surface area contributed by atoms with Crippen LogP contribution in [0.4, 0.5) is 17.8 Å². The predicted molar refractivity (Wildman–Crippen MR) is 117 cm³/mol. The molecule has 0 amide bonds. The molecule has 170 valence electrons. The molecule has 1 aromatic rings. The Hall–Kier alpha value is -1.75. The van der Waals surface area contributed by atoms with Crippen molar-refractivity contribution in [3.63, 3.8) is 0 Å². The van der Waals surface area contributed by atoms with Crippen LogP contribution in [-0.4, -0.2) is 87.3 Å². The number of ether oxygens (including phenoxy) is 3. The van der Waals surface area contributed by atoms with Crippen LogP contribution in [0.5, 0.6) is 0 Å². The lowest BCUT2D eigenvalue weighted by Gasteiger charge is -2.27. The Labute approximate surface area is 179 Å². The largest absolute Gasteiger partial charge is 0.378 e. The van der Waals surface area contributed by atoms with E-state index in [1.165, 1.54) is 32.1 Å². The summed E-state index contributed by atoms with van der Waals surface area (Å²) in [6, 6.07) is 0. The second-order valence-electron chi connectivity index (χ2n) is 7.71. The number of aromatic nitrogens is 3. The summed E-state index contributed by atoms with van der Waals surface area (Å²) < 4.78 is 16.3. The quantitative estimate of drug-likeness (QED) is 0.398. The number of hydrogen-bond donors (Lipinski definition) is 3. The monoisotopic (exact) mass is 423 g/mol. The topological polar surface area (TPSA) is 120 Å². The van der Waals surface area contributed by atoms with Crippen LogP contribution in [0.3, 0.4) is 0 Å². The summed E-state index contributed by atoms with van der Waals surface area (Å²) in [6.45, 7) is 7.24. The first kappa shape index (κ1) is 22.9. The lowest BCUT2D eigenvalue weighted by Crippen LogP contribution is -2.37. The van der Waals surface area contributed by atoms with Crippen LogP contribution in [0, 0.1) is 5.92 Å².